The highest BCUT2D eigenvalue weighted by molar-refractivity contribution is 5.68. The molecule has 2 aromatic rings. The average molecular weight is 275 g/mol. The second kappa shape index (κ2) is 5.48. The van der Waals surface area contributed by atoms with Gasteiger partial charge in [0.2, 0.25) is 0 Å². The maximum Gasteiger partial charge on any atom is 0.186 e. The van der Waals surface area contributed by atoms with E-state index in [2.05, 4.69) is 36.3 Å². The van der Waals surface area contributed by atoms with E-state index in [1.165, 1.54) is 0 Å². The third-order valence-electron chi connectivity index (χ3n) is 3.97. The number of hydrogen-bond donors (Lipinski definition) is 1. The van der Waals surface area contributed by atoms with E-state index < -0.39 is 0 Å². The van der Waals surface area contributed by atoms with Crippen molar-refractivity contribution in [3.8, 4) is 17.1 Å². The van der Waals surface area contributed by atoms with Crippen LogP contribution in [0.2, 0.25) is 0 Å². The first-order valence-electron chi connectivity index (χ1n) is 6.78. The molecule has 1 aromatic heterocycles. The molecule has 0 saturated carbocycles. The normalized spacial score (nSPS) is 11.6. The zero-order chi connectivity index (χ0) is 14.8. The summed E-state index contributed by atoms with van der Waals surface area (Å²) in [6.45, 7) is 6.41. The highest BCUT2D eigenvalue weighted by Crippen LogP contribution is 2.34. The third kappa shape index (κ3) is 2.33. The highest BCUT2D eigenvalue weighted by Gasteiger charge is 2.28. The minimum atomic E-state index is -0.131. The van der Waals surface area contributed by atoms with E-state index in [4.69, 9.17) is 10.5 Å². The number of hydrogen-bond acceptors (Lipinski definition) is 5. The Bertz CT molecular complexity index is 589. The topological polar surface area (TPSA) is 78.9 Å². The van der Waals surface area contributed by atoms with Gasteiger partial charge in [-0.25, -0.2) is 4.68 Å². The van der Waals surface area contributed by atoms with Crippen molar-refractivity contribution in [2.45, 2.75) is 39.2 Å². The molecule has 0 aliphatic heterocycles. The number of rotatable bonds is 5. The lowest BCUT2D eigenvalue weighted by molar-refractivity contribution is 0.262. The zero-order valence-corrected chi connectivity index (χ0v) is 12.4. The Hall–Kier alpha value is -2.11. The van der Waals surface area contributed by atoms with Crippen molar-refractivity contribution in [1.29, 1.82) is 0 Å². The summed E-state index contributed by atoms with van der Waals surface area (Å²) >= 11 is 0. The lowest BCUT2D eigenvalue weighted by atomic mass is 9.95. The molecule has 0 spiro atoms. The fraction of sp³-hybridized carbons (Fsp3) is 0.500. The Morgan fingerprint density at radius 3 is 2.60 bits per heavy atom. The minimum Gasteiger partial charge on any atom is -0.496 e. The van der Waals surface area contributed by atoms with Gasteiger partial charge in [-0.2, -0.15) is 0 Å². The van der Waals surface area contributed by atoms with Crippen LogP contribution in [0.3, 0.4) is 0 Å². The Kier molecular flexibility index (Phi) is 3.92. The van der Waals surface area contributed by atoms with Gasteiger partial charge < -0.3 is 10.5 Å². The number of tetrazole rings is 1. The summed E-state index contributed by atoms with van der Waals surface area (Å²) in [7, 11) is 1.63. The SMILES string of the molecule is CCC(C)(CC)n1nnnc1-c1cc(N)ccc1OC. The largest absolute Gasteiger partial charge is 0.496 e. The van der Waals surface area contributed by atoms with Crippen molar-refractivity contribution < 1.29 is 4.74 Å². The van der Waals surface area contributed by atoms with Crippen LogP contribution in [-0.2, 0) is 5.54 Å². The van der Waals surface area contributed by atoms with Crippen LogP contribution >= 0.6 is 0 Å². The van der Waals surface area contributed by atoms with Gasteiger partial charge in [-0.1, -0.05) is 13.8 Å². The lowest BCUT2D eigenvalue weighted by Crippen LogP contribution is -2.30. The molecule has 0 atom stereocenters. The first kappa shape index (κ1) is 14.3. The Morgan fingerprint density at radius 2 is 2.00 bits per heavy atom. The molecule has 0 aliphatic rings. The first-order chi connectivity index (χ1) is 9.55. The number of aromatic nitrogens is 4. The van der Waals surface area contributed by atoms with Crippen molar-refractivity contribution in [1.82, 2.24) is 20.2 Å². The van der Waals surface area contributed by atoms with Gasteiger partial charge in [-0.15, -0.1) is 5.10 Å². The van der Waals surface area contributed by atoms with Crippen LogP contribution in [0.5, 0.6) is 5.75 Å². The van der Waals surface area contributed by atoms with Gasteiger partial charge >= 0.3 is 0 Å². The molecule has 108 valence electrons. The molecule has 0 unspecified atom stereocenters. The number of ether oxygens (including phenoxy) is 1. The van der Waals surface area contributed by atoms with Gasteiger partial charge in [0.05, 0.1) is 18.2 Å². The summed E-state index contributed by atoms with van der Waals surface area (Å²) in [5.74, 6) is 1.39. The molecule has 0 radical (unpaired) electrons. The number of benzene rings is 1. The number of nitrogens with two attached hydrogens (primary N) is 1. The van der Waals surface area contributed by atoms with Gasteiger partial charge in [0, 0.05) is 5.69 Å². The van der Waals surface area contributed by atoms with Crippen LogP contribution in [-0.4, -0.2) is 27.3 Å². The van der Waals surface area contributed by atoms with Crippen molar-refractivity contribution >= 4 is 5.69 Å². The number of nitrogens with zero attached hydrogens (tertiary/aromatic N) is 4. The fourth-order valence-electron chi connectivity index (χ4n) is 2.17. The Balaban J connectivity index is 2.61. The first-order valence-corrected chi connectivity index (χ1v) is 6.78. The van der Waals surface area contributed by atoms with E-state index in [9.17, 15) is 0 Å². The van der Waals surface area contributed by atoms with Crippen LogP contribution in [0.15, 0.2) is 18.2 Å². The molecule has 6 nitrogen and oxygen atoms in total. The van der Waals surface area contributed by atoms with Gasteiger partial charge in [-0.05, 0) is 48.4 Å². The van der Waals surface area contributed by atoms with E-state index in [0.717, 1.165) is 18.4 Å². The number of anilines is 1. The molecule has 1 heterocycles. The monoisotopic (exact) mass is 275 g/mol. The van der Waals surface area contributed by atoms with Crippen molar-refractivity contribution in [2.24, 2.45) is 0 Å². The van der Waals surface area contributed by atoms with Gasteiger partial charge in [0.1, 0.15) is 5.75 Å². The van der Waals surface area contributed by atoms with Crippen molar-refractivity contribution in [3.05, 3.63) is 18.2 Å². The average Bonchev–Trinajstić information content (AvgIpc) is 2.96. The summed E-state index contributed by atoms with van der Waals surface area (Å²) in [5.41, 5.74) is 7.22. The molecule has 0 bridgehead atoms. The van der Waals surface area contributed by atoms with E-state index >= 15 is 0 Å². The maximum absolute atomic E-state index is 5.88. The highest BCUT2D eigenvalue weighted by atomic mass is 16.5. The molecule has 0 aliphatic carbocycles. The summed E-state index contributed by atoms with van der Waals surface area (Å²) in [6, 6.07) is 5.47. The lowest BCUT2D eigenvalue weighted by Gasteiger charge is -2.27. The van der Waals surface area contributed by atoms with Crippen LogP contribution in [0.25, 0.3) is 11.4 Å². The molecule has 2 rings (SSSR count). The van der Waals surface area contributed by atoms with Crippen LogP contribution < -0.4 is 10.5 Å². The van der Waals surface area contributed by atoms with E-state index in [-0.39, 0.29) is 5.54 Å². The van der Waals surface area contributed by atoms with E-state index in [1.807, 2.05) is 16.8 Å². The van der Waals surface area contributed by atoms with Crippen LogP contribution in [0.4, 0.5) is 5.69 Å². The predicted octanol–water partition coefficient (Wildman–Crippen LogP) is 2.47. The van der Waals surface area contributed by atoms with Gasteiger partial charge in [0.25, 0.3) is 0 Å². The van der Waals surface area contributed by atoms with Crippen LogP contribution in [0, 0.1) is 0 Å². The van der Waals surface area contributed by atoms with E-state index in [0.29, 0.717) is 17.3 Å². The van der Waals surface area contributed by atoms with Crippen molar-refractivity contribution in [3.63, 3.8) is 0 Å². The summed E-state index contributed by atoms with van der Waals surface area (Å²) in [6.07, 6.45) is 1.87. The molecule has 6 heteroatoms. The fourth-order valence-corrected chi connectivity index (χ4v) is 2.17. The van der Waals surface area contributed by atoms with E-state index in [1.54, 1.807) is 13.2 Å². The molecular weight excluding hydrogens is 254 g/mol. The maximum atomic E-state index is 5.88. The molecule has 0 saturated heterocycles. The summed E-state index contributed by atoms with van der Waals surface area (Å²) in [4.78, 5) is 0. The number of nitrogen functional groups attached to an aromatic ring is 1. The predicted molar refractivity (Wildman–Crippen MR) is 78.4 cm³/mol. The Morgan fingerprint density at radius 1 is 1.30 bits per heavy atom. The second-order valence-electron chi connectivity index (χ2n) is 5.08. The quantitative estimate of drug-likeness (QED) is 0.848. The Labute approximate surface area is 118 Å². The molecular formula is C14H21N5O. The standard InChI is InChI=1S/C14H21N5O/c1-5-14(3,6-2)19-13(16-17-18-19)11-9-10(15)7-8-12(11)20-4/h7-9H,5-6,15H2,1-4H3. The van der Waals surface area contributed by atoms with Crippen molar-refractivity contribution in [2.75, 3.05) is 12.8 Å². The molecule has 2 N–H and O–H groups in total. The third-order valence-corrected chi connectivity index (χ3v) is 3.97. The van der Waals surface area contributed by atoms with Gasteiger partial charge in [0.15, 0.2) is 5.82 Å². The molecule has 0 fully saturated rings. The van der Waals surface area contributed by atoms with Gasteiger partial charge in [-0.3, -0.25) is 0 Å². The molecule has 20 heavy (non-hydrogen) atoms. The second-order valence-corrected chi connectivity index (χ2v) is 5.08. The smallest absolute Gasteiger partial charge is 0.186 e. The zero-order valence-electron chi connectivity index (χ0n) is 12.4. The molecule has 1 aromatic carbocycles. The number of methoxy groups -OCH3 is 1. The summed E-state index contributed by atoms with van der Waals surface area (Å²) < 4.78 is 7.26. The summed E-state index contributed by atoms with van der Waals surface area (Å²) in [5, 5.41) is 12.2. The molecule has 0 amide bonds. The minimum absolute atomic E-state index is 0.131. The van der Waals surface area contributed by atoms with Crippen LogP contribution in [0.1, 0.15) is 33.6 Å².